The highest BCUT2D eigenvalue weighted by atomic mass is 16.3. The van der Waals surface area contributed by atoms with Crippen LogP contribution in [0.15, 0.2) is 0 Å². The van der Waals surface area contributed by atoms with Crippen LogP contribution < -0.4 is 0 Å². The van der Waals surface area contributed by atoms with Crippen LogP contribution >= 0.6 is 0 Å². The van der Waals surface area contributed by atoms with Crippen molar-refractivity contribution in [2.75, 3.05) is 6.54 Å². The third-order valence-electron chi connectivity index (χ3n) is 4.66. The molecule has 0 aromatic carbocycles. The number of nitrogens with zero attached hydrogens (tertiary/aromatic N) is 1. The highest BCUT2D eigenvalue weighted by molar-refractivity contribution is 4.88. The summed E-state index contributed by atoms with van der Waals surface area (Å²) >= 11 is 0. The van der Waals surface area contributed by atoms with E-state index in [1.165, 1.54) is 38.5 Å². The van der Waals surface area contributed by atoms with Crippen LogP contribution in [0.1, 0.15) is 64.7 Å². The molecule has 106 valence electrons. The van der Waals surface area contributed by atoms with Crippen molar-refractivity contribution in [1.82, 2.24) is 4.90 Å². The number of rotatable bonds is 3. The highest BCUT2D eigenvalue weighted by Gasteiger charge is 2.33. The van der Waals surface area contributed by atoms with Gasteiger partial charge in [-0.25, -0.2) is 0 Å². The summed E-state index contributed by atoms with van der Waals surface area (Å²) in [6, 6.07) is 0.825. The van der Waals surface area contributed by atoms with Crippen LogP contribution in [0.4, 0.5) is 0 Å². The van der Waals surface area contributed by atoms with E-state index in [1.807, 2.05) is 6.92 Å². The van der Waals surface area contributed by atoms with Gasteiger partial charge < -0.3 is 10.2 Å². The first-order chi connectivity index (χ1) is 8.68. The minimum absolute atomic E-state index is 0.145. The molecule has 0 amide bonds. The van der Waals surface area contributed by atoms with E-state index in [-0.39, 0.29) is 12.2 Å². The Hall–Kier alpha value is -0.120. The van der Waals surface area contributed by atoms with E-state index in [9.17, 15) is 10.2 Å². The number of aliphatic hydroxyl groups is 2. The lowest BCUT2D eigenvalue weighted by Crippen LogP contribution is -2.50. The maximum atomic E-state index is 10.3. The molecule has 1 heterocycles. The molecule has 4 atom stereocenters. The molecule has 3 nitrogen and oxygen atoms in total. The second-order valence-corrected chi connectivity index (χ2v) is 6.24. The molecule has 0 radical (unpaired) electrons. The molecule has 2 fully saturated rings. The summed E-state index contributed by atoms with van der Waals surface area (Å²) < 4.78 is 0. The van der Waals surface area contributed by atoms with Crippen LogP contribution in [-0.2, 0) is 0 Å². The fourth-order valence-corrected chi connectivity index (χ4v) is 3.76. The molecule has 1 saturated heterocycles. The van der Waals surface area contributed by atoms with Crippen molar-refractivity contribution in [3.05, 3.63) is 0 Å². The average molecular weight is 255 g/mol. The Balaban J connectivity index is 2.03. The van der Waals surface area contributed by atoms with Crippen molar-refractivity contribution >= 4 is 0 Å². The highest BCUT2D eigenvalue weighted by Crippen LogP contribution is 2.30. The SMILES string of the molecule is CC(O)CC1CCCCCN1[C@H]1CCCC[C@@H]1O. The van der Waals surface area contributed by atoms with E-state index in [0.717, 1.165) is 25.8 Å². The zero-order valence-electron chi connectivity index (χ0n) is 11.7. The Labute approximate surface area is 111 Å². The molecule has 0 bridgehead atoms. The Bertz CT molecular complexity index is 245. The van der Waals surface area contributed by atoms with Crippen LogP contribution in [0.25, 0.3) is 0 Å². The van der Waals surface area contributed by atoms with Gasteiger partial charge in [0.25, 0.3) is 0 Å². The zero-order valence-corrected chi connectivity index (χ0v) is 11.7. The standard InChI is InChI=1S/C15H29NO2/c1-12(17)11-13-7-3-2-6-10-16(13)14-8-4-5-9-15(14)18/h12-15,17-18H,2-11H2,1H3/t12?,13?,14-,15-/m0/s1. The van der Waals surface area contributed by atoms with Gasteiger partial charge in [-0.05, 0) is 45.6 Å². The van der Waals surface area contributed by atoms with Crippen LogP contribution in [0.5, 0.6) is 0 Å². The summed E-state index contributed by atoms with van der Waals surface area (Å²) in [5, 5.41) is 20.0. The molecule has 2 rings (SSSR count). The van der Waals surface area contributed by atoms with Crippen molar-refractivity contribution < 1.29 is 10.2 Å². The first kappa shape index (κ1) is 14.3. The second-order valence-electron chi connectivity index (χ2n) is 6.24. The number of likely N-dealkylation sites (tertiary alicyclic amines) is 1. The Morgan fingerprint density at radius 1 is 1.06 bits per heavy atom. The smallest absolute Gasteiger partial charge is 0.0695 e. The number of hydrogen-bond donors (Lipinski definition) is 2. The normalized spacial score (nSPS) is 37.2. The summed E-state index contributed by atoms with van der Waals surface area (Å²) in [6.45, 7) is 3.00. The minimum atomic E-state index is -0.226. The van der Waals surface area contributed by atoms with Gasteiger partial charge in [0.1, 0.15) is 0 Å². The Kier molecular flexibility index (Phi) is 5.46. The fourth-order valence-electron chi connectivity index (χ4n) is 3.76. The predicted octanol–water partition coefficient (Wildman–Crippen LogP) is 2.31. The lowest BCUT2D eigenvalue weighted by atomic mass is 9.89. The quantitative estimate of drug-likeness (QED) is 0.813. The van der Waals surface area contributed by atoms with Gasteiger partial charge in [0.05, 0.1) is 12.2 Å². The predicted molar refractivity (Wildman–Crippen MR) is 73.5 cm³/mol. The van der Waals surface area contributed by atoms with Crippen LogP contribution in [-0.4, -0.2) is 45.9 Å². The maximum Gasteiger partial charge on any atom is 0.0695 e. The lowest BCUT2D eigenvalue weighted by Gasteiger charge is -2.42. The molecular formula is C15H29NO2. The molecule has 18 heavy (non-hydrogen) atoms. The maximum absolute atomic E-state index is 10.3. The summed E-state index contributed by atoms with van der Waals surface area (Å²) in [5.74, 6) is 0. The van der Waals surface area contributed by atoms with Crippen LogP contribution in [0, 0.1) is 0 Å². The van der Waals surface area contributed by atoms with Gasteiger partial charge in [-0.1, -0.05) is 25.7 Å². The summed E-state index contributed by atoms with van der Waals surface area (Å²) in [4.78, 5) is 2.53. The molecule has 3 heteroatoms. The van der Waals surface area contributed by atoms with Crippen molar-refractivity contribution in [2.45, 2.75) is 89.0 Å². The molecule has 0 spiro atoms. The number of hydrogen-bond acceptors (Lipinski definition) is 3. The molecule has 2 aliphatic rings. The van der Waals surface area contributed by atoms with E-state index < -0.39 is 0 Å². The van der Waals surface area contributed by atoms with Crippen molar-refractivity contribution in [3.8, 4) is 0 Å². The lowest BCUT2D eigenvalue weighted by molar-refractivity contribution is -0.0110. The Morgan fingerprint density at radius 3 is 2.50 bits per heavy atom. The van der Waals surface area contributed by atoms with Gasteiger partial charge >= 0.3 is 0 Å². The molecule has 0 aromatic heterocycles. The largest absolute Gasteiger partial charge is 0.393 e. The van der Waals surface area contributed by atoms with Gasteiger partial charge in [0, 0.05) is 12.1 Å². The average Bonchev–Trinajstić information content (AvgIpc) is 2.55. The first-order valence-electron chi connectivity index (χ1n) is 7.80. The van der Waals surface area contributed by atoms with E-state index in [2.05, 4.69) is 4.90 Å². The minimum Gasteiger partial charge on any atom is -0.393 e. The Morgan fingerprint density at radius 2 is 1.78 bits per heavy atom. The van der Waals surface area contributed by atoms with E-state index >= 15 is 0 Å². The first-order valence-corrected chi connectivity index (χ1v) is 7.80. The molecule has 1 aliphatic carbocycles. The molecule has 2 unspecified atom stereocenters. The van der Waals surface area contributed by atoms with Gasteiger partial charge in [-0.15, -0.1) is 0 Å². The third-order valence-corrected chi connectivity index (χ3v) is 4.66. The van der Waals surface area contributed by atoms with E-state index in [0.29, 0.717) is 12.1 Å². The molecule has 2 N–H and O–H groups in total. The molecule has 1 saturated carbocycles. The van der Waals surface area contributed by atoms with Crippen LogP contribution in [0.3, 0.4) is 0 Å². The monoisotopic (exact) mass is 255 g/mol. The summed E-state index contributed by atoms with van der Waals surface area (Å²) in [5.41, 5.74) is 0. The molecular weight excluding hydrogens is 226 g/mol. The van der Waals surface area contributed by atoms with E-state index in [4.69, 9.17) is 0 Å². The summed E-state index contributed by atoms with van der Waals surface area (Å²) in [6.07, 6.45) is 10.0. The van der Waals surface area contributed by atoms with Crippen molar-refractivity contribution in [1.29, 1.82) is 0 Å². The van der Waals surface area contributed by atoms with E-state index in [1.54, 1.807) is 0 Å². The van der Waals surface area contributed by atoms with Crippen molar-refractivity contribution in [2.24, 2.45) is 0 Å². The topological polar surface area (TPSA) is 43.7 Å². The number of aliphatic hydroxyl groups excluding tert-OH is 2. The summed E-state index contributed by atoms with van der Waals surface area (Å²) in [7, 11) is 0. The van der Waals surface area contributed by atoms with Gasteiger partial charge in [-0.3, -0.25) is 4.90 Å². The van der Waals surface area contributed by atoms with Gasteiger partial charge in [0.2, 0.25) is 0 Å². The second kappa shape index (κ2) is 6.88. The van der Waals surface area contributed by atoms with Gasteiger partial charge in [-0.2, -0.15) is 0 Å². The fraction of sp³-hybridized carbons (Fsp3) is 1.00. The van der Waals surface area contributed by atoms with Gasteiger partial charge in [0.15, 0.2) is 0 Å². The molecule has 0 aromatic rings. The zero-order chi connectivity index (χ0) is 13.0. The van der Waals surface area contributed by atoms with Crippen LogP contribution in [0.2, 0.25) is 0 Å². The molecule has 1 aliphatic heterocycles. The third kappa shape index (κ3) is 3.69. The van der Waals surface area contributed by atoms with Crippen molar-refractivity contribution in [3.63, 3.8) is 0 Å².